The second-order valence-electron chi connectivity index (χ2n) is 4.16. The molecule has 0 radical (unpaired) electrons. The molecule has 0 saturated carbocycles. The number of likely N-dealkylation sites (tertiary alicyclic amines) is 1. The molecule has 1 heterocycles. The van der Waals surface area contributed by atoms with Gasteiger partial charge in [0.2, 0.25) is 0 Å². The SMILES string of the molecule is NC(N)=NCCCN1CCCC(SS)CC1. The van der Waals surface area contributed by atoms with E-state index in [1.165, 1.54) is 32.4 Å². The molecule has 0 aromatic carbocycles. The molecule has 0 aromatic rings. The van der Waals surface area contributed by atoms with E-state index >= 15 is 0 Å². The van der Waals surface area contributed by atoms with E-state index in [0.717, 1.165) is 24.8 Å². The fourth-order valence-corrected chi connectivity index (χ4v) is 3.07. The van der Waals surface area contributed by atoms with E-state index in [4.69, 9.17) is 11.5 Å². The van der Waals surface area contributed by atoms with Crippen LogP contribution >= 0.6 is 22.5 Å². The van der Waals surface area contributed by atoms with Gasteiger partial charge in [-0.3, -0.25) is 4.99 Å². The van der Waals surface area contributed by atoms with Crippen LogP contribution in [0.25, 0.3) is 0 Å². The van der Waals surface area contributed by atoms with Crippen molar-refractivity contribution in [2.45, 2.75) is 30.9 Å². The van der Waals surface area contributed by atoms with Crippen LogP contribution in [0, 0.1) is 0 Å². The van der Waals surface area contributed by atoms with Crippen molar-refractivity contribution in [3.8, 4) is 0 Å². The summed E-state index contributed by atoms with van der Waals surface area (Å²) in [4.78, 5) is 6.50. The Labute approximate surface area is 107 Å². The predicted octanol–water partition coefficient (Wildman–Crippen LogP) is 1.08. The minimum Gasteiger partial charge on any atom is -0.370 e. The summed E-state index contributed by atoms with van der Waals surface area (Å²) in [6.07, 6.45) is 4.85. The third kappa shape index (κ3) is 5.86. The number of hydrogen-bond acceptors (Lipinski definition) is 4. The third-order valence-corrected chi connectivity index (χ3v) is 4.51. The Hall–Kier alpha value is -0.0700. The first-order chi connectivity index (χ1) is 7.72. The van der Waals surface area contributed by atoms with Crippen LogP contribution < -0.4 is 11.5 Å². The lowest BCUT2D eigenvalue weighted by atomic mass is 10.2. The Morgan fingerprint density at radius 2 is 2.19 bits per heavy atom. The molecule has 4 nitrogen and oxygen atoms in total. The molecular formula is C10H22N4S2. The fraction of sp³-hybridized carbons (Fsp3) is 0.900. The summed E-state index contributed by atoms with van der Waals surface area (Å²) in [5.74, 6) is 0.197. The average Bonchev–Trinajstić information content (AvgIpc) is 2.49. The van der Waals surface area contributed by atoms with Crippen LogP contribution in [0.1, 0.15) is 25.7 Å². The van der Waals surface area contributed by atoms with Gasteiger partial charge in [-0.05, 0) is 45.3 Å². The Morgan fingerprint density at radius 1 is 1.38 bits per heavy atom. The molecule has 6 heteroatoms. The van der Waals surface area contributed by atoms with Gasteiger partial charge in [0.05, 0.1) is 0 Å². The van der Waals surface area contributed by atoms with E-state index in [2.05, 4.69) is 21.6 Å². The highest BCUT2D eigenvalue weighted by atomic mass is 33.1. The Morgan fingerprint density at radius 3 is 2.88 bits per heavy atom. The van der Waals surface area contributed by atoms with Crippen LogP contribution in [0.3, 0.4) is 0 Å². The molecule has 4 N–H and O–H groups in total. The zero-order valence-corrected chi connectivity index (χ0v) is 11.3. The van der Waals surface area contributed by atoms with E-state index in [1.54, 1.807) is 10.8 Å². The number of nitrogens with two attached hydrogens (primary N) is 2. The van der Waals surface area contributed by atoms with Crippen molar-refractivity contribution < 1.29 is 0 Å². The van der Waals surface area contributed by atoms with E-state index in [0.29, 0.717) is 0 Å². The first kappa shape index (κ1) is 14.0. The van der Waals surface area contributed by atoms with Crippen molar-refractivity contribution in [1.82, 2.24) is 4.90 Å². The molecular weight excluding hydrogens is 240 g/mol. The second-order valence-corrected chi connectivity index (χ2v) is 5.67. The van der Waals surface area contributed by atoms with Crippen molar-refractivity contribution in [3.63, 3.8) is 0 Å². The lowest BCUT2D eigenvalue weighted by molar-refractivity contribution is 0.283. The van der Waals surface area contributed by atoms with Gasteiger partial charge >= 0.3 is 0 Å². The first-order valence-corrected chi connectivity index (χ1v) is 7.73. The fourth-order valence-electron chi connectivity index (χ4n) is 1.96. The number of hydrogen-bond donors (Lipinski definition) is 3. The minimum absolute atomic E-state index is 0.197. The highest BCUT2D eigenvalue weighted by Gasteiger charge is 2.15. The molecule has 1 atom stereocenters. The van der Waals surface area contributed by atoms with E-state index in [1.807, 2.05) is 0 Å². The second kappa shape index (κ2) is 8.08. The summed E-state index contributed by atoms with van der Waals surface area (Å²) < 4.78 is 0. The number of thiol groups is 1. The zero-order valence-electron chi connectivity index (χ0n) is 9.64. The molecule has 0 spiro atoms. The topological polar surface area (TPSA) is 67.6 Å². The van der Waals surface area contributed by atoms with Crippen LogP contribution in [0.5, 0.6) is 0 Å². The third-order valence-electron chi connectivity index (χ3n) is 2.84. The minimum atomic E-state index is 0.197. The monoisotopic (exact) mass is 262 g/mol. The molecule has 0 amide bonds. The Bertz CT molecular complexity index is 219. The van der Waals surface area contributed by atoms with Crippen molar-refractivity contribution in [2.24, 2.45) is 16.5 Å². The smallest absolute Gasteiger partial charge is 0.185 e. The average molecular weight is 262 g/mol. The Balaban J connectivity index is 2.15. The molecule has 0 aromatic heterocycles. The first-order valence-electron chi connectivity index (χ1n) is 5.80. The summed E-state index contributed by atoms with van der Waals surface area (Å²) in [7, 11) is 1.71. The van der Waals surface area contributed by atoms with Gasteiger partial charge in [0.25, 0.3) is 0 Å². The van der Waals surface area contributed by atoms with Crippen LogP contribution in [-0.4, -0.2) is 42.3 Å². The normalized spacial score (nSPS) is 22.7. The number of nitrogens with zero attached hydrogens (tertiary/aromatic N) is 2. The largest absolute Gasteiger partial charge is 0.370 e. The van der Waals surface area contributed by atoms with Crippen LogP contribution in [0.4, 0.5) is 0 Å². The van der Waals surface area contributed by atoms with Gasteiger partial charge in [0.15, 0.2) is 5.96 Å². The van der Waals surface area contributed by atoms with Gasteiger partial charge in [-0.1, -0.05) is 10.8 Å². The molecule has 94 valence electrons. The predicted molar refractivity (Wildman–Crippen MR) is 75.9 cm³/mol. The maximum Gasteiger partial charge on any atom is 0.185 e. The number of aliphatic imine (C=N–C) groups is 1. The molecule has 1 aliphatic rings. The molecule has 1 rings (SSSR count). The molecule has 1 aliphatic heterocycles. The number of rotatable bonds is 5. The molecule has 0 aliphatic carbocycles. The van der Waals surface area contributed by atoms with Gasteiger partial charge in [-0.15, -0.1) is 11.7 Å². The van der Waals surface area contributed by atoms with Crippen LogP contribution in [0.2, 0.25) is 0 Å². The van der Waals surface area contributed by atoms with Crippen LogP contribution in [-0.2, 0) is 0 Å². The van der Waals surface area contributed by atoms with Crippen molar-refractivity contribution in [1.29, 1.82) is 0 Å². The van der Waals surface area contributed by atoms with Gasteiger partial charge in [-0.25, -0.2) is 0 Å². The maximum absolute atomic E-state index is 5.28. The summed E-state index contributed by atoms with van der Waals surface area (Å²) in [5.41, 5.74) is 10.6. The van der Waals surface area contributed by atoms with Crippen molar-refractivity contribution >= 4 is 28.4 Å². The number of guanidine groups is 1. The van der Waals surface area contributed by atoms with Gasteiger partial charge in [0, 0.05) is 11.8 Å². The van der Waals surface area contributed by atoms with E-state index in [9.17, 15) is 0 Å². The quantitative estimate of drug-likeness (QED) is 0.228. The summed E-state index contributed by atoms with van der Waals surface area (Å²) >= 11 is 4.30. The van der Waals surface area contributed by atoms with Gasteiger partial charge in [-0.2, -0.15) is 0 Å². The standard InChI is InChI=1S/C10H22N4S2/c11-10(12)13-5-2-7-14-6-1-3-9(16-15)4-8-14/h9,15H,1-8H2,(H4,11,12,13). The summed E-state index contributed by atoms with van der Waals surface area (Å²) in [5, 5.41) is 0.728. The molecule has 1 unspecified atom stereocenters. The van der Waals surface area contributed by atoms with Crippen molar-refractivity contribution in [2.75, 3.05) is 26.2 Å². The molecule has 0 bridgehead atoms. The zero-order chi connectivity index (χ0) is 11.8. The van der Waals surface area contributed by atoms with Crippen LogP contribution in [0.15, 0.2) is 4.99 Å². The van der Waals surface area contributed by atoms with E-state index < -0.39 is 0 Å². The highest BCUT2D eigenvalue weighted by molar-refractivity contribution is 8.68. The van der Waals surface area contributed by atoms with E-state index in [-0.39, 0.29) is 5.96 Å². The Kier molecular flexibility index (Phi) is 7.07. The summed E-state index contributed by atoms with van der Waals surface area (Å²) in [6.45, 7) is 4.22. The molecule has 1 fully saturated rings. The maximum atomic E-state index is 5.28. The lowest BCUT2D eigenvalue weighted by Crippen LogP contribution is -2.27. The molecule has 16 heavy (non-hydrogen) atoms. The lowest BCUT2D eigenvalue weighted by Gasteiger charge is -2.19. The molecule has 1 saturated heterocycles. The van der Waals surface area contributed by atoms with Gasteiger partial charge in [0.1, 0.15) is 0 Å². The highest BCUT2D eigenvalue weighted by Crippen LogP contribution is 2.25. The van der Waals surface area contributed by atoms with Gasteiger partial charge < -0.3 is 16.4 Å². The summed E-state index contributed by atoms with van der Waals surface area (Å²) in [6, 6.07) is 0. The van der Waals surface area contributed by atoms with Crippen molar-refractivity contribution in [3.05, 3.63) is 0 Å².